The van der Waals surface area contributed by atoms with Crippen molar-refractivity contribution in [1.29, 1.82) is 0 Å². The van der Waals surface area contributed by atoms with Crippen LogP contribution in [0.25, 0.3) is 0 Å². The van der Waals surface area contributed by atoms with Gasteiger partial charge in [-0.1, -0.05) is 23.7 Å². The maximum absolute atomic E-state index is 13.5. The van der Waals surface area contributed by atoms with Crippen molar-refractivity contribution in [2.75, 3.05) is 13.2 Å². The van der Waals surface area contributed by atoms with Crippen LogP contribution in [0.15, 0.2) is 36.4 Å². The van der Waals surface area contributed by atoms with E-state index in [1.165, 1.54) is 12.1 Å². The summed E-state index contributed by atoms with van der Waals surface area (Å²) in [5.74, 6) is -1.47. The number of ether oxygens (including phenoxy) is 2. The zero-order valence-electron chi connectivity index (χ0n) is 18.4. The van der Waals surface area contributed by atoms with Crippen LogP contribution in [0.4, 0.5) is 4.39 Å². The molecule has 0 radical (unpaired) electrons. The summed E-state index contributed by atoms with van der Waals surface area (Å²) in [5.41, 5.74) is 1.28. The minimum absolute atomic E-state index is 0.0361. The van der Waals surface area contributed by atoms with E-state index in [1.807, 2.05) is 6.92 Å². The number of rotatable bonds is 8. The van der Waals surface area contributed by atoms with Gasteiger partial charge in [-0.05, 0) is 49.2 Å². The van der Waals surface area contributed by atoms with Gasteiger partial charge in [0.2, 0.25) is 5.91 Å². The van der Waals surface area contributed by atoms with Crippen LogP contribution >= 0.6 is 11.6 Å². The van der Waals surface area contributed by atoms with E-state index in [9.17, 15) is 14.0 Å². The van der Waals surface area contributed by atoms with Crippen molar-refractivity contribution < 1.29 is 33.7 Å². The van der Waals surface area contributed by atoms with Crippen molar-refractivity contribution in [2.45, 2.75) is 50.9 Å². The van der Waals surface area contributed by atoms with E-state index >= 15 is 0 Å². The number of aliphatic carboxylic acids is 1. The summed E-state index contributed by atoms with van der Waals surface area (Å²) in [5, 5.41) is 21.6. The third kappa shape index (κ3) is 6.43. The SMILES string of the molecule is Cc1cc(OCC(=O)O)c([C@H]2C[C@@](C)(NC(=O)CCO)C[C@@H](c3ccc(F)cc3)O2)cc1Cl. The molecule has 2 aromatic carbocycles. The number of carbonyl (C=O) groups excluding carboxylic acids is 1. The van der Waals surface area contributed by atoms with Crippen molar-refractivity contribution in [2.24, 2.45) is 0 Å². The van der Waals surface area contributed by atoms with Gasteiger partial charge >= 0.3 is 5.97 Å². The van der Waals surface area contributed by atoms with Crippen molar-refractivity contribution in [3.63, 3.8) is 0 Å². The third-order valence-corrected chi connectivity index (χ3v) is 6.02. The molecule has 1 aliphatic rings. The maximum atomic E-state index is 13.5. The Bertz CT molecular complexity index is 1010. The van der Waals surface area contributed by atoms with Crippen LogP contribution in [0.1, 0.15) is 55.1 Å². The first kappa shape index (κ1) is 25.0. The zero-order valence-corrected chi connectivity index (χ0v) is 19.2. The second-order valence-corrected chi connectivity index (χ2v) is 8.88. The highest BCUT2D eigenvalue weighted by Gasteiger charge is 2.41. The summed E-state index contributed by atoms with van der Waals surface area (Å²) in [6.45, 7) is 2.85. The summed E-state index contributed by atoms with van der Waals surface area (Å²) in [7, 11) is 0. The average Bonchev–Trinajstić information content (AvgIpc) is 2.74. The van der Waals surface area contributed by atoms with E-state index in [1.54, 1.807) is 31.2 Å². The van der Waals surface area contributed by atoms with Gasteiger partial charge in [0.25, 0.3) is 0 Å². The molecular formula is C24H27ClFNO6. The van der Waals surface area contributed by atoms with E-state index in [4.69, 9.17) is 31.3 Å². The monoisotopic (exact) mass is 479 g/mol. The van der Waals surface area contributed by atoms with Gasteiger partial charge in [-0.15, -0.1) is 0 Å². The lowest BCUT2D eigenvalue weighted by atomic mass is 9.81. The van der Waals surface area contributed by atoms with E-state index in [-0.39, 0.29) is 24.8 Å². The van der Waals surface area contributed by atoms with Gasteiger partial charge < -0.3 is 25.0 Å². The highest BCUT2D eigenvalue weighted by Crippen LogP contribution is 2.46. The molecule has 0 saturated carbocycles. The van der Waals surface area contributed by atoms with Crippen LogP contribution in [0.2, 0.25) is 5.02 Å². The lowest BCUT2D eigenvalue weighted by molar-refractivity contribution is -0.139. The van der Waals surface area contributed by atoms with E-state index in [0.29, 0.717) is 34.7 Å². The zero-order chi connectivity index (χ0) is 24.2. The molecule has 178 valence electrons. The Morgan fingerprint density at radius 3 is 2.55 bits per heavy atom. The largest absolute Gasteiger partial charge is 0.482 e. The number of carbonyl (C=O) groups is 2. The summed E-state index contributed by atoms with van der Waals surface area (Å²) >= 11 is 6.37. The van der Waals surface area contributed by atoms with E-state index < -0.39 is 30.3 Å². The van der Waals surface area contributed by atoms with Gasteiger partial charge in [-0.25, -0.2) is 9.18 Å². The first-order valence-corrected chi connectivity index (χ1v) is 11.0. The number of carboxylic acids is 1. The Kier molecular flexibility index (Phi) is 7.94. The molecule has 0 spiro atoms. The predicted octanol–water partition coefficient (Wildman–Crippen LogP) is 4.10. The van der Waals surface area contributed by atoms with Crippen molar-refractivity contribution in [3.05, 3.63) is 63.9 Å². The molecule has 7 nitrogen and oxygen atoms in total. The first-order valence-electron chi connectivity index (χ1n) is 10.6. The Hall–Kier alpha value is -2.68. The number of aliphatic hydroxyl groups excluding tert-OH is 1. The normalized spacial score (nSPS) is 22.6. The highest BCUT2D eigenvalue weighted by atomic mass is 35.5. The number of hydrogen-bond donors (Lipinski definition) is 3. The fourth-order valence-electron chi connectivity index (χ4n) is 4.04. The minimum Gasteiger partial charge on any atom is -0.482 e. The minimum atomic E-state index is -1.12. The number of nitrogens with one attached hydrogen (secondary N) is 1. The lowest BCUT2D eigenvalue weighted by Crippen LogP contribution is -2.51. The van der Waals surface area contributed by atoms with Crippen LogP contribution < -0.4 is 10.1 Å². The lowest BCUT2D eigenvalue weighted by Gasteiger charge is -2.43. The Morgan fingerprint density at radius 1 is 1.24 bits per heavy atom. The Morgan fingerprint density at radius 2 is 1.91 bits per heavy atom. The molecular weight excluding hydrogens is 453 g/mol. The highest BCUT2D eigenvalue weighted by molar-refractivity contribution is 6.31. The fraction of sp³-hybridized carbons (Fsp3) is 0.417. The maximum Gasteiger partial charge on any atom is 0.341 e. The van der Waals surface area contributed by atoms with E-state index in [2.05, 4.69) is 5.32 Å². The van der Waals surface area contributed by atoms with Crippen LogP contribution in [0, 0.1) is 12.7 Å². The molecule has 0 bridgehead atoms. The number of halogens is 2. The molecule has 0 aliphatic carbocycles. The molecule has 3 atom stereocenters. The van der Waals surface area contributed by atoms with Crippen LogP contribution in [-0.2, 0) is 14.3 Å². The predicted molar refractivity (Wildman–Crippen MR) is 120 cm³/mol. The number of carboxylic acid groups (broad SMARTS) is 1. The standard InChI is InChI=1S/C24H27ClFNO6/c1-14-9-19(32-13-23(30)31)17(10-18(14)25)21-12-24(2,27-22(29)7-8-28)11-20(33-21)15-3-5-16(26)6-4-15/h3-6,9-10,20-21,28H,7-8,11-13H2,1-2H3,(H,27,29)(H,30,31)/t20-,21+,24-/m0/s1. The molecule has 2 aromatic rings. The topological polar surface area (TPSA) is 105 Å². The van der Waals surface area contributed by atoms with Gasteiger partial charge in [-0.2, -0.15) is 0 Å². The number of amides is 1. The van der Waals surface area contributed by atoms with Crippen molar-refractivity contribution >= 4 is 23.5 Å². The molecule has 1 aliphatic heterocycles. The second-order valence-electron chi connectivity index (χ2n) is 8.48. The van der Waals surface area contributed by atoms with Gasteiger partial charge in [0, 0.05) is 35.4 Å². The molecule has 1 heterocycles. The number of benzene rings is 2. The Labute approximate surface area is 196 Å². The fourth-order valence-corrected chi connectivity index (χ4v) is 4.21. The summed E-state index contributed by atoms with van der Waals surface area (Å²) in [6, 6.07) is 9.28. The molecule has 0 unspecified atom stereocenters. The molecule has 1 fully saturated rings. The average molecular weight is 480 g/mol. The molecule has 0 aromatic heterocycles. The summed E-state index contributed by atoms with van der Waals surface area (Å²) in [4.78, 5) is 23.4. The number of aliphatic hydroxyl groups is 1. The molecule has 1 saturated heterocycles. The molecule has 3 N–H and O–H groups in total. The van der Waals surface area contributed by atoms with Crippen LogP contribution in [0.5, 0.6) is 5.75 Å². The third-order valence-electron chi connectivity index (χ3n) is 5.61. The summed E-state index contributed by atoms with van der Waals surface area (Å²) in [6.07, 6.45) is -0.362. The molecule has 9 heteroatoms. The van der Waals surface area contributed by atoms with Gasteiger partial charge in [0.15, 0.2) is 6.61 Å². The quantitative estimate of drug-likeness (QED) is 0.526. The smallest absolute Gasteiger partial charge is 0.341 e. The van der Waals surface area contributed by atoms with Crippen LogP contribution in [0.3, 0.4) is 0 Å². The van der Waals surface area contributed by atoms with Gasteiger partial charge in [-0.3, -0.25) is 4.79 Å². The molecule has 33 heavy (non-hydrogen) atoms. The van der Waals surface area contributed by atoms with Crippen molar-refractivity contribution in [1.82, 2.24) is 5.32 Å². The van der Waals surface area contributed by atoms with Crippen LogP contribution in [-0.4, -0.2) is 40.8 Å². The molecule has 1 amide bonds. The van der Waals surface area contributed by atoms with E-state index in [0.717, 1.165) is 5.56 Å². The first-order chi connectivity index (χ1) is 15.6. The van der Waals surface area contributed by atoms with Gasteiger partial charge in [0.1, 0.15) is 11.6 Å². The summed E-state index contributed by atoms with van der Waals surface area (Å²) < 4.78 is 25.4. The second kappa shape index (κ2) is 10.5. The number of hydrogen-bond acceptors (Lipinski definition) is 5. The molecule has 3 rings (SSSR count). The van der Waals surface area contributed by atoms with Gasteiger partial charge in [0.05, 0.1) is 18.8 Å². The Balaban J connectivity index is 2.00. The van der Waals surface area contributed by atoms with Crippen molar-refractivity contribution in [3.8, 4) is 5.75 Å². The number of aryl methyl sites for hydroxylation is 1.